The first-order chi connectivity index (χ1) is 10.0. The first-order valence-electron chi connectivity index (χ1n) is 7.04. The van der Waals surface area contributed by atoms with Gasteiger partial charge in [-0.05, 0) is 54.8 Å². The molecule has 0 amide bonds. The summed E-state index contributed by atoms with van der Waals surface area (Å²) >= 11 is 3.51. The van der Waals surface area contributed by atoms with Crippen LogP contribution in [-0.4, -0.2) is 13.1 Å². The van der Waals surface area contributed by atoms with Crippen molar-refractivity contribution in [3.05, 3.63) is 58.3 Å². The van der Waals surface area contributed by atoms with Crippen LogP contribution < -0.4 is 10.6 Å². The number of hydrogen-bond donors (Lipinski definition) is 1. The number of nitrogens with zero attached hydrogens (tertiary/aromatic N) is 1. The molecule has 2 N–H and O–H groups in total. The minimum Gasteiger partial charge on any atom is -0.344 e. The molecule has 0 aromatic heterocycles. The number of nitrogens with two attached hydrogens (primary N) is 1. The van der Waals surface area contributed by atoms with Gasteiger partial charge in [-0.2, -0.15) is 0 Å². The van der Waals surface area contributed by atoms with Crippen molar-refractivity contribution in [2.24, 2.45) is 5.73 Å². The summed E-state index contributed by atoms with van der Waals surface area (Å²) in [7, 11) is 1.94. The van der Waals surface area contributed by atoms with E-state index in [0.29, 0.717) is 0 Å². The van der Waals surface area contributed by atoms with Gasteiger partial charge in [-0.25, -0.2) is 4.39 Å². The third-order valence-electron chi connectivity index (χ3n) is 3.60. The lowest BCUT2D eigenvalue weighted by molar-refractivity contribution is 0.627. The molecular formula is C17H20BrFN2. The molecule has 1 atom stereocenters. The zero-order valence-corrected chi connectivity index (χ0v) is 13.9. The molecule has 0 bridgehead atoms. The maximum Gasteiger partial charge on any atom is 0.125 e. The summed E-state index contributed by atoms with van der Waals surface area (Å²) < 4.78 is 14.4. The second-order valence-electron chi connectivity index (χ2n) is 5.18. The standard InChI is InChI=1S/C17H20BrFN2/c1-3-15(20)10-12-9-13(18)7-8-17(12)21(2)16-6-4-5-14(19)11-16/h4-9,11,15H,3,10,20H2,1-2H3. The highest BCUT2D eigenvalue weighted by molar-refractivity contribution is 9.10. The van der Waals surface area contributed by atoms with Crippen molar-refractivity contribution in [3.63, 3.8) is 0 Å². The lowest BCUT2D eigenvalue weighted by Crippen LogP contribution is -2.23. The van der Waals surface area contributed by atoms with Gasteiger partial charge in [0.05, 0.1) is 0 Å². The first kappa shape index (κ1) is 16.0. The molecule has 0 aliphatic carbocycles. The molecule has 2 aromatic rings. The lowest BCUT2D eigenvalue weighted by atomic mass is 10.0. The summed E-state index contributed by atoms with van der Waals surface area (Å²) in [6.07, 6.45) is 1.72. The van der Waals surface area contributed by atoms with Crippen LogP contribution in [0.25, 0.3) is 0 Å². The van der Waals surface area contributed by atoms with Crippen LogP contribution in [-0.2, 0) is 6.42 Å². The Bertz CT molecular complexity index is 615. The molecular weight excluding hydrogens is 331 g/mol. The van der Waals surface area contributed by atoms with Crippen molar-refractivity contribution < 1.29 is 4.39 Å². The topological polar surface area (TPSA) is 29.3 Å². The molecule has 0 radical (unpaired) electrons. The quantitative estimate of drug-likeness (QED) is 0.851. The Morgan fingerprint density at radius 2 is 2.00 bits per heavy atom. The molecule has 0 aliphatic heterocycles. The van der Waals surface area contributed by atoms with Crippen molar-refractivity contribution in [2.45, 2.75) is 25.8 Å². The van der Waals surface area contributed by atoms with Crippen molar-refractivity contribution >= 4 is 27.3 Å². The number of hydrogen-bond acceptors (Lipinski definition) is 2. The second-order valence-corrected chi connectivity index (χ2v) is 6.10. The SMILES string of the molecule is CCC(N)Cc1cc(Br)ccc1N(C)c1cccc(F)c1. The van der Waals surface area contributed by atoms with Crippen molar-refractivity contribution in [1.29, 1.82) is 0 Å². The van der Waals surface area contributed by atoms with E-state index >= 15 is 0 Å². The van der Waals surface area contributed by atoms with Gasteiger partial charge in [0.25, 0.3) is 0 Å². The van der Waals surface area contributed by atoms with Crippen molar-refractivity contribution in [3.8, 4) is 0 Å². The number of benzene rings is 2. The minimum atomic E-state index is -0.233. The molecule has 2 aromatic carbocycles. The summed E-state index contributed by atoms with van der Waals surface area (Å²) in [4.78, 5) is 1.99. The fourth-order valence-electron chi connectivity index (χ4n) is 2.30. The van der Waals surface area contributed by atoms with Gasteiger partial charge in [0.15, 0.2) is 0 Å². The largest absolute Gasteiger partial charge is 0.344 e. The molecule has 2 rings (SSSR count). The van der Waals surface area contributed by atoms with Crippen LogP contribution in [0.2, 0.25) is 0 Å². The van der Waals surface area contributed by atoms with E-state index in [2.05, 4.69) is 28.9 Å². The van der Waals surface area contributed by atoms with Gasteiger partial charge in [-0.3, -0.25) is 0 Å². The average molecular weight is 351 g/mol. The predicted molar refractivity (Wildman–Crippen MR) is 90.6 cm³/mol. The number of halogens is 2. The molecule has 0 heterocycles. The predicted octanol–water partition coefficient (Wildman–Crippen LogP) is 4.64. The zero-order valence-electron chi connectivity index (χ0n) is 12.3. The molecule has 4 heteroatoms. The highest BCUT2D eigenvalue weighted by Gasteiger charge is 2.12. The van der Waals surface area contributed by atoms with Gasteiger partial charge in [0.1, 0.15) is 5.82 Å². The van der Waals surface area contributed by atoms with Gasteiger partial charge in [-0.1, -0.05) is 28.9 Å². The van der Waals surface area contributed by atoms with Crippen molar-refractivity contribution in [2.75, 3.05) is 11.9 Å². The highest BCUT2D eigenvalue weighted by Crippen LogP contribution is 2.30. The van der Waals surface area contributed by atoms with Crippen LogP contribution in [0.5, 0.6) is 0 Å². The average Bonchev–Trinajstić information content (AvgIpc) is 2.46. The van der Waals surface area contributed by atoms with Crippen LogP contribution in [0.4, 0.5) is 15.8 Å². The molecule has 112 valence electrons. The van der Waals surface area contributed by atoms with Gasteiger partial charge in [0.2, 0.25) is 0 Å². The molecule has 2 nitrogen and oxygen atoms in total. The Morgan fingerprint density at radius 1 is 1.24 bits per heavy atom. The van der Waals surface area contributed by atoms with E-state index in [1.165, 1.54) is 12.1 Å². The number of anilines is 2. The Balaban J connectivity index is 2.38. The highest BCUT2D eigenvalue weighted by atomic mass is 79.9. The normalized spacial score (nSPS) is 12.2. The summed E-state index contributed by atoms with van der Waals surface area (Å²) in [5, 5.41) is 0. The Labute approximate surface area is 133 Å². The smallest absolute Gasteiger partial charge is 0.125 e. The van der Waals surface area contributed by atoms with Crippen LogP contribution in [0, 0.1) is 5.82 Å². The second kappa shape index (κ2) is 7.05. The Morgan fingerprint density at radius 3 is 2.67 bits per heavy atom. The lowest BCUT2D eigenvalue weighted by Gasteiger charge is -2.24. The van der Waals surface area contributed by atoms with Crippen LogP contribution in [0.1, 0.15) is 18.9 Å². The Kier molecular flexibility index (Phi) is 5.37. The van der Waals surface area contributed by atoms with Crippen LogP contribution in [0.3, 0.4) is 0 Å². The fourth-order valence-corrected chi connectivity index (χ4v) is 2.70. The third kappa shape index (κ3) is 4.05. The minimum absolute atomic E-state index is 0.124. The molecule has 0 aliphatic rings. The molecule has 1 unspecified atom stereocenters. The van der Waals surface area contributed by atoms with E-state index in [4.69, 9.17) is 5.73 Å². The number of rotatable bonds is 5. The first-order valence-corrected chi connectivity index (χ1v) is 7.84. The molecule has 0 fully saturated rings. The van der Waals surface area contributed by atoms with Gasteiger partial charge in [-0.15, -0.1) is 0 Å². The molecule has 0 spiro atoms. The van der Waals surface area contributed by atoms with Crippen molar-refractivity contribution in [1.82, 2.24) is 0 Å². The summed E-state index contributed by atoms with van der Waals surface area (Å²) in [5.41, 5.74) is 9.12. The van der Waals surface area contributed by atoms with E-state index in [-0.39, 0.29) is 11.9 Å². The zero-order chi connectivity index (χ0) is 15.4. The van der Waals surface area contributed by atoms with E-state index in [1.807, 2.05) is 30.1 Å². The van der Waals surface area contributed by atoms with Crippen LogP contribution in [0.15, 0.2) is 46.9 Å². The van der Waals surface area contributed by atoms with E-state index in [0.717, 1.165) is 34.3 Å². The molecule has 0 saturated carbocycles. The summed E-state index contributed by atoms with van der Waals surface area (Å²) in [6.45, 7) is 2.08. The monoisotopic (exact) mass is 350 g/mol. The van der Waals surface area contributed by atoms with E-state index < -0.39 is 0 Å². The van der Waals surface area contributed by atoms with E-state index in [9.17, 15) is 4.39 Å². The van der Waals surface area contributed by atoms with Gasteiger partial charge < -0.3 is 10.6 Å². The summed E-state index contributed by atoms with van der Waals surface area (Å²) in [6, 6.07) is 12.8. The van der Waals surface area contributed by atoms with E-state index in [1.54, 1.807) is 6.07 Å². The van der Waals surface area contributed by atoms with Gasteiger partial charge >= 0.3 is 0 Å². The maximum atomic E-state index is 13.4. The fraction of sp³-hybridized carbons (Fsp3) is 0.294. The Hall–Kier alpha value is -1.39. The summed E-state index contributed by atoms with van der Waals surface area (Å²) in [5.74, 6) is -0.233. The molecule has 21 heavy (non-hydrogen) atoms. The maximum absolute atomic E-state index is 13.4. The molecule has 0 saturated heterocycles. The van der Waals surface area contributed by atoms with Crippen LogP contribution >= 0.6 is 15.9 Å². The third-order valence-corrected chi connectivity index (χ3v) is 4.10. The van der Waals surface area contributed by atoms with Gasteiger partial charge in [0, 0.05) is 28.9 Å².